The van der Waals surface area contributed by atoms with Gasteiger partial charge in [-0.1, -0.05) is 97.4 Å². The second-order valence-corrected chi connectivity index (χ2v) is 7.53. The lowest BCUT2D eigenvalue weighted by atomic mass is 9.80. The Kier molecular flexibility index (Phi) is 7.88. The average molecular weight is 408 g/mol. The third-order valence-electron chi connectivity index (χ3n) is 5.72. The van der Waals surface area contributed by atoms with Crippen LogP contribution in [-0.4, -0.2) is 31.1 Å². The molecule has 2 nitrogen and oxygen atoms in total. The van der Waals surface area contributed by atoms with E-state index >= 15 is 0 Å². The van der Waals surface area contributed by atoms with E-state index in [9.17, 15) is 0 Å². The Morgan fingerprint density at radius 2 is 1.03 bits per heavy atom. The van der Waals surface area contributed by atoms with Crippen molar-refractivity contribution in [2.24, 2.45) is 0 Å². The number of rotatable bonds is 7. The fourth-order valence-electron chi connectivity index (χ4n) is 4.28. The van der Waals surface area contributed by atoms with Crippen LogP contribution in [0.25, 0.3) is 0 Å². The lowest BCUT2D eigenvalue weighted by molar-refractivity contribution is -0.000978. The van der Waals surface area contributed by atoms with Gasteiger partial charge in [0.05, 0.1) is 6.61 Å². The quantitative estimate of drug-likeness (QED) is 0.452. The molecule has 0 bridgehead atoms. The molecule has 1 aliphatic heterocycles. The van der Waals surface area contributed by atoms with Gasteiger partial charge in [0, 0.05) is 6.54 Å². The Hall–Kier alpha value is -2.13. The number of nitrogens with zero attached hydrogens (tertiary/aromatic N) is 1. The van der Waals surface area contributed by atoms with Gasteiger partial charge < -0.3 is 9.64 Å². The van der Waals surface area contributed by atoms with Gasteiger partial charge >= 0.3 is 0 Å². The van der Waals surface area contributed by atoms with Gasteiger partial charge in [-0.3, -0.25) is 0 Å². The van der Waals surface area contributed by atoms with Crippen molar-refractivity contribution in [3.8, 4) is 0 Å². The first-order chi connectivity index (χ1) is 13.9. The van der Waals surface area contributed by atoms with E-state index in [2.05, 4.69) is 95.9 Å². The molecule has 0 atom stereocenters. The molecule has 3 aromatic carbocycles. The van der Waals surface area contributed by atoms with Gasteiger partial charge in [0.1, 0.15) is 5.60 Å². The molecule has 0 radical (unpaired) electrons. The molecule has 1 fully saturated rings. The molecule has 0 aliphatic carbocycles. The lowest BCUT2D eigenvalue weighted by Gasteiger charge is -2.37. The maximum absolute atomic E-state index is 6.85. The van der Waals surface area contributed by atoms with Crippen molar-refractivity contribution in [1.29, 1.82) is 0 Å². The molecule has 0 N–H and O–H groups in total. The Morgan fingerprint density at radius 3 is 1.45 bits per heavy atom. The topological polar surface area (TPSA) is 12.5 Å². The summed E-state index contributed by atoms with van der Waals surface area (Å²) in [5.74, 6) is 0. The predicted molar refractivity (Wildman–Crippen MR) is 123 cm³/mol. The van der Waals surface area contributed by atoms with Crippen molar-refractivity contribution in [3.05, 3.63) is 108 Å². The standard InChI is InChI=1S/C26H29NO.ClH/c1-5-13-23(14-6-1)26(24-15-7-2-8-16-24,25-17-9-3-10-18-25)28-22-21-27-19-11-4-12-20-27;/h1-3,5-10,13-18H,4,11-12,19-22H2;1H. The highest BCUT2D eigenvalue weighted by Crippen LogP contribution is 2.40. The molecule has 0 aromatic heterocycles. The third kappa shape index (κ3) is 4.90. The highest BCUT2D eigenvalue weighted by atomic mass is 35.5. The van der Waals surface area contributed by atoms with Crippen LogP contribution in [0.1, 0.15) is 36.0 Å². The Balaban J connectivity index is 0.00000240. The van der Waals surface area contributed by atoms with Crippen LogP contribution < -0.4 is 0 Å². The normalized spacial score (nSPS) is 14.9. The van der Waals surface area contributed by atoms with Gasteiger partial charge in [-0.05, 0) is 42.6 Å². The first kappa shape index (κ1) is 21.6. The number of benzene rings is 3. The smallest absolute Gasteiger partial charge is 0.143 e. The zero-order chi connectivity index (χ0) is 19.1. The maximum Gasteiger partial charge on any atom is 0.143 e. The van der Waals surface area contributed by atoms with Crippen molar-refractivity contribution in [3.63, 3.8) is 0 Å². The lowest BCUT2D eigenvalue weighted by Crippen LogP contribution is -2.38. The van der Waals surface area contributed by atoms with E-state index in [-0.39, 0.29) is 12.4 Å². The number of hydrogen-bond acceptors (Lipinski definition) is 2. The van der Waals surface area contributed by atoms with Gasteiger partial charge in [-0.25, -0.2) is 0 Å². The summed E-state index contributed by atoms with van der Waals surface area (Å²) in [6, 6.07) is 31.9. The maximum atomic E-state index is 6.85. The summed E-state index contributed by atoms with van der Waals surface area (Å²) in [5, 5.41) is 0. The van der Waals surface area contributed by atoms with E-state index in [0.717, 1.165) is 6.54 Å². The Morgan fingerprint density at radius 1 is 0.621 bits per heavy atom. The van der Waals surface area contributed by atoms with Crippen LogP contribution in [-0.2, 0) is 10.3 Å². The fourth-order valence-corrected chi connectivity index (χ4v) is 4.28. The van der Waals surface area contributed by atoms with Crippen LogP contribution in [0.4, 0.5) is 0 Å². The highest BCUT2D eigenvalue weighted by Gasteiger charge is 2.37. The highest BCUT2D eigenvalue weighted by molar-refractivity contribution is 5.85. The third-order valence-corrected chi connectivity index (χ3v) is 5.72. The Bertz CT molecular complexity index is 736. The summed E-state index contributed by atoms with van der Waals surface area (Å²) in [7, 11) is 0. The molecule has 0 saturated carbocycles. The number of halogens is 1. The summed E-state index contributed by atoms with van der Waals surface area (Å²) in [4.78, 5) is 2.54. The number of likely N-dealkylation sites (tertiary alicyclic amines) is 1. The van der Waals surface area contributed by atoms with Gasteiger partial charge in [-0.15, -0.1) is 12.4 Å². The molecule has 3 aromatic rings. The van der Waals surface area contributed by atoms with Crippen molar-refractivity contribution in [2.45, 2.75) is 24.9 Å². The van der Waals surface area contributed by atoms with Crippen LogP contribution in [0.3, 0.4) is 0 Å². The molecular formula is C26H30ClNO. The van der Waals surface area contributed by atoms with E-state index in [1.54, 1.807) is 0 Å². The molecule has 3 heteroatoms. The van der Waals surface area contributed by atoms with Crippen LogP contribution in [0, 0.1) is 0 Å². The summed E-state index contributed by atoms with van der Waals surface area (Å²) >= 11 is 0. The van der Waals surface area contributed by atoms with Gasteiger partial charge in [0.15, 0.2) is 0 Å². The molecule has 0 spiro atoms. The van der Waals surface area contributed by atoms with E-state index in [4.69, 9.17) is 4.74 Å². The zero-order valence-corrected chi connectivity index (χ0v) is 17.7. The minimum absolute atomic E-state index is 0. The summed E-state index contributed by atoms with van der Waals surface area (Å²) in [6.07, 6.45) is 3.97. The number of ether oxygens (including phenoxy) is 1. The largest absolute Gasteiger partial charge is 0.360 e. The van der Waals surface area contributed by atoms with E-state index in [0.29, 0.717) is 6.61 Å². The molecule has 0 unspecified atom stereocenters. The second kappa shape index (κ2) is 10.6. The summed E-state index contributed by atoms with van der Waals surface area (Å²) < 4.78 is 6.85. The Labute approximate surface area is 180 Å². The molecule has 0 amide bonds. The summed E-state index contributed by atoms with van der Waals surface area (Å²) in [5.41, 5.74) is 2.92. The van der Waals surface area contributed by atoms with Crippen molar-refractivity contribution < 1.29 is 4.74 Å². The van der Waals surface area contributed by atoms with E-state index in [1.807, 2.05) is 0 Å². The van der Waals surface area contributed by atoms with Crippen molar-refractivity contribution in [1.82, 2.24) is 4.90 Å². The van der Waals surface area contributed by atoms with Crippen molar-refractivity contribution in [2.75, 3.05) is 26.2 Å². The molecule has 4 rings (SSSR count). The zero-order valence-electron chi connectivity index (χ0n) is 16.9. The molecule has 1 aliphatic rings. The van der Waals surface area contributed by atoms with Crippen LogP contribution >= 0.6 is 12.4 Å². The first-order valence-corrected chi connectivity index (χ1v) is 10.4. The van der Waals surface area contributed by atoms with E-state index in [1.165, 1.54) is 49.0 Å². The molecule has 29 heavy (non-hydrogen) atoms. The predicted octanol–water partition coefficient (Wildman–Crippen LogP) is 5.90. The minimum atomic E-state index is -0.598. The molecule has 1 heterocycles. The van der Waals surface area contributed by atoms with Gasteiger partial charge in [0.2, 0.25) is 0 Å². The molecular weight excluding hydrogens is 378 g/mol. The number of hydrogen-bond donors (Lipinski definition) is 0. The monoisotopic (exact) mass is 407 g/mol. The van der Waals surface area contributed by atoms with Gasteiger partial charge in [0.25, 0.3) is 0 Å². The van der Waals surface area contributed by atoms with Crippen LogP contribution in [0.15, 0.2) is 91.0 Å². The fraction of sp³-hybridized carbons (Fsp3) is 0.308. The minimum Gasteiger partial charge on any atom is -0.360 e. The number of piperidine rings is 1. The van der Waals surface area contributed by atoms with E-state index < -0.39 is 5.60 Å². The first-order valence-electron chi connectivity index (χ1n) is 10.4. The second-order valence-electron chi connectivity index (χ2n) is 7.53. The van der Waals surface area contributed by atoms with Gasteiger partial charge in [-0.2, -0.15) is 0 Å². The average Bonchev–Trinajstić information content (AvgIpc) is 2.79. The molecule has 152 valence electrons. The molecule has 1 saturated heterocycles. The van der Waals surface area contributed by atoms with Crippen LogP contribution in [0.5, 0.6) is 0 Å². The van der Waals surface area contributed by atoms with Crippen molar-refractivity contribution >= 4 is 12.4 Å². The SMILES string of the molecule is Cl.c1ccc(C(OCCN2CCCCC2)(c2ccccc2)c2ccccc2)cc1. The van der Waals surface area contributed by atoms with Crippen LogP contribution in [0.2, 0.25) is 0 Å². The summed E-state index contributed by atoms with van der Waals surface area (Å²) in [6.45, 7) is 4.07.